The van der Waals surface area contributed by atoms with Crippen LogP contribution in [0.25, 0.3) is 0 Å². The molecule has 0 aromatic carbocycles. The fraction of sp³-hybridized carbons (Fsp3) is 0.600. The maximum atomic E-state index is 11.2. The van der Waals surface area contributed by atoms with E-state index in [0.29, 0.717) is 13.0 Å². The Morgan fingerprint density at radius 2 is 2.47 bits per heavy atom. The first kappa shape index (κ1) is 11.7. The highest BCUT2D eigenvalue weighted by Crippen LogP contribution is 2.00. The van der Waals surface area contributed by atoms with E-state index in [0.717, 1.165) is 13.0 Å². The molecule has 1 atom stereocenters. The van der Waals surface area contributed by atoms with Crippen LogP contribution in [0.3, 0.4) is 0 Å². The molecule has 0 saturated heterocycles. The summed E-state index contributed by atoms with van der Waals surface area (Å²) in [4.78, 5) is 15.1. The lowest BCUT2D eigenvalue weighted by molar-refractivity contribution is -0.144. The highest BCUT2D eigenvalue weighted by molar-refractivity contribution is 5.75. The van der Waals surface area contributed by atoms with E-state index in [2.05, 4.69) is 4.98 Å². The minimum absolute atomic E-state index is 0.317. The van der Waals surface area contributed by atoms with Gasteiger partial charge in [-0.1, -0.05) is 0 Å². The van der Waals surface area contributed by atoms with Gasteiger partial charge < -0.3 is 15.0 Å². The van der Waals surface area contributed by atoms with Crippen molar-refractivity contribution in [3.05, 3.63) is 18.7 Å². The molecule has 15 heavy (non-hydrogen) atoms. The molecule has 0 spiro atoms. The predicted molar refractivity (Wildman–Crippen MR) is 56.1 cm³/mol. The fourth-order valence-electron chi connectivity index (χ4n) is 1.28. The number of nitrogens with zero attached hydrogens (tertiary/aromatic N) is 2. The molecule has 5 nitrogen and oxygen atoms in total. The van der Waals surface area contributed by atoms with Crippen molar-refractivity contribution < 1.29 is 9.53 Å². The average molecular weight is 211 g/mol. The van der Waals surface area contributed by atoms with E-state index < -0.39 is 6.04 Å². The monoisotopic (exact) mass is 211 g/mol. The van der Waals surface area contributed by atoms with Crippen LogP contribution in [-0.4, -0.2) is 28.2 Å². The number of aryl methyl sites for hydroxylation is 1. The topological polar surface area (TPSA) is 70.1 Å². The molecule has 0 aliphatic heterocycles. The number of carbonyl (C=O) groups is 1. The zero-order chi connectivity index (χ0) is 11.1. The molecule has 0 aliphatic rings. The van der Waals surface area contributed by atoms with Crippen LogP contribution >= 0.6 is 0 Å². The van der Waals surface area contributed by atoms with Gasteiger partial charge in [0.1, 0.15) is 6.04 Å². The summed E-state index contributed by atoms with van der Waals surface area (Å²) in [7, 11) is 0. The van der Waals surface area contributed by atoms with Gasteiger partial charge in [-0.15, -0.1) is 0 Å². The van der Waals surface area contributed by atoms with Crippen LogP contribution in [0.1, 0.15) is 19.8 Å². The molecule has 84 valence electrons. The summed E-state index contributed by atoms with van der Waals surface area (Å²) < 4.78 is 6.76. The van der Waals surface area contributed by atoms with E-state index in [4.69, 9.17) is 10.5 Å². The second-order valence-electron chi connectivity index (χ2n) is 3.30. The van der Waals surface area contributed by atoms with Crippen molar-refractivity contribution in [1.29, 1.82) is 0 Å². The van der Waals surface area contributed by atoms with E-state index in [1.54, 1.807) is 19.4 Å². The van der Waals surface area contributed by atoms with Crippen molar-refractivity contribution in [1.82, 2.24) is 9.55 Å². The van der Waals surface area contributed by atoms with Crippen molar-refractivity contribution in [2.75, 3.05) is 6.61 Å². The minimum atomic E-state index is -0.506. The van der Waals surface area contributed by atoms with Gasteiger partial charge in [-0.25, -0.2) is 4.98 Å². The summed E-state index contributed by atoms with van der Waals surface area (Å²) in [5, 5.41) is 0. The van der Waals surface area contributed by atoms with E-state index in [1.807, 2.05) is 10.8 Å². The summed E-state index contributed by atoms with van der Waals surface area (Å²) in [6, 6.07) is -0.506. The first-order valence-corrected chi connectivity index (χ1v) is 5.12. The third kappa shape index (κ3) is 4.12. The third-order valence-electron chi connectivity index (χ3n) is 2.08. The van der Waals surface area contributed by atoms with E-state index in [-0.39, 0.29) is 5.97 Å². The van der Waals surface area contributed by atoms with Gasteiger partial charge >= 0.3 is 5.97 Å². The van der Waals surface area contributed by atoms with Gasteiger partial charge in [0, 0.05) is 18.9 Å². The maximum absolute atomic E-state index is 11.2. The van der Waals surface area contributed by atoms with Crippen molar-refractivity contribution >= 4 is 5.97 Å². The van der Waals surface area contributed by atoms with Crippen LogP contribution in [0.4, 0.5) is 0 Å². The molecule has 0 bridgehead atoms. The number of rotatable bonds is 6. The van der Waals surface area contributed by atoms with Crippen LogP contribution in [0.15, 0.2) is 18.7 Å². The maximum Gasteiger partial charge on any atom is 0.322 e. The molecule has 0 fully saturated rings. The number of nitrogens with two attached hydrogens (primary N) is 1. The number of hydrogen-bond acceptors (Lipinski definition) is 4. The normalized spacial score (nSPS) is 12.4. The lowest BCUT2D eigenvalue weighted by Gasteiger charge is -2.10. The van der Waals surface area contributed by atoms with E-state index >= 15 is 0 Å². The Labute approximate surface area is 89.2 Å². The molecule has 0 radical (unpaired) electrons. The molecule has 1 heterocycles. The molecule has 1 aromatic rings. The average Bonchev–Trinajstić information content (AvgIpc) is 2.71. The van der Waals surface area contributed by atoms with Crippen molar-refractivity contribution in [2.24, 2.45) is 5.73 Å². The molecule has 5 heteroatoms. The number of imidazole rings is 1. The van der Waals surface area contributed by atoms with Gasteiger partial charge in [0.2, 0.25) is 0 Å². The van der Waals surface area contributed by atoms with Gasteiger partial charge in [-0.05, 0) is 19.8 Å². The van der Waals surface area contributed by atoms with Crippen LogP contribution in [0, 0.1) is 0 Å². The third-order valence-corrected chi connectivity index (χ3v) is 2.08. The summed E-state index contributed by atoms with van der Waals surface area (Å²) in [5.74, 6) is -0.317. The lowest BCUT2D eigenvalue weighted by Crippen LogP contribution is -2.32. The van der Waals surface area contributed by atoms with Crippen LogP contribution in [-0.2, 0) is 16.1 Å². The van der Waals surface area contributed by atoms with Crippen LogP contribution in [0.2, 0.25) is 0 Å². The molecular formula is C10H17N3O2. The molecule has 1 unspecified atom stereocenters. The Morgan fingerprint density at radius 3 is 3.07 bits per heavy atom. The second-order valence-corrected chi connectivity index (χ2v) is 3.30. The van der Waals surface area contributed by atoms with Gasteiger partial charge in [-0.2, -0.15) is 0 Å². The Hall–Kier alpha value is -1.36. The van der Waals surface area contributed by atoms with Gasteiger partial charge in [-0.3, -0.25) is 4.79 Å². The van der Waals surface area contributed by atoms with Crippen molar-refractivity contribution in [3.63, 3.8) is 0 Å². The number of hydrogen-bond donors (Lipinski definition) is 1. The molecule has 0 amide bonds. The predicted octanol–water partition coefficient (Wildman–Crippen LogP) is 0.554. The number of ether oxygens (including phenoxy) is 1. The molecule has 1 rings (SSSR count). The number of aromatic nitrogens is 2. The van der Waals surface area contributed by atoms with Crippen molar-refractivity contribution in [2.45, 2.75) is 32.4 Å². The second kappa shape index (κ2) is 6.19. The Balaban J connectivity index is 2.17. The first-order chi connectivity index (χ1) is 7.24. The summed E-state index contributed by atoms with van der Waals surface area (Å²) in [6.07, 6.45) is 6.84. The molecule has 1 aromatic heterocycles. The standard InChI is InChI=1S/C10H17N3O2/c1-2-15-10(14)9(11)4-3-6-13-7-5-12-8-13/h5,7-9H,2-4,6,11H2,1H3. The summed E-state index contributed by atoms with van der Waals surface area (Å²) in [6.45, 7) is 2.98. The van der Waals surface area contributed by atoms with E-state index in [9.17, 15) is 4.79 Å². The summed E-state index contributed by atoms with van der Waals surface area (Å²) >= 11 is 0. The van der Waals surface area contributed by atoms with Crippen molar-refractivity contribution in [3.8, 4) is 0 Å². The zero-order valence-corrected chi connectivity index (χ0v) is 8.93. The van der Waals surface area contributed by atoms with Gasteiger partial charge in [0.05, 0.1) is 12.9 Å². The van der Waals surface area contributed by atoms with Crippen LogP contribution < -0.4 is 5.73 Å². The van der Waals surface area contributed by atoms with Gasteiger partial charge in [0.15, 0.2) is 0 Å². The Morgan fingerprint density at radius 1 is 1.67 bits per heavy atom. The SMILES string of the molecule is CCOC(=O)C(N)CCCn1ccnc1. The largest absolute Gasteiger partial charge is 0.465 e. The molecule has 0 aliphatic carbocycles. The highest BCUT2D eigenvalue weighted by atomic mass is 16.5. The quantitative estimate of drug-likeness (QED) is 0.698. The zero-order valence-electron chi connectivity index (χ0n) is 8.93. The number of carbonyl (C=O) groups excluding carboxylic acids is 1. The Kier molecular flexibility index (Phi) is 4.83. The van der Waals surface area contributed by atoms with E-state index in [1.165, 1.54) is 0 Å². The first-order valence-electron chi connectivity index (χ1n) is 5.12. The van der Waals surface area contributed by atoms with Crippen LogP contribution in [0.5, 0.6) is 0 Å². The van der Waals surface area contributed by atoms with Gasteiger partial charge in [0.25, 0.3) is 0 Å². The molecular weight excluding hydrogens is 194 g/mol. The molecule has 2 N–H and O–H groups in total. The smallest absolute Gasteiger partial charge is 0.322 e. The molecule has 0 saturated carbocycles. The highest BCUT2D eigenvalue weighted by Gasteiger charge is 2.13. The number of esters is 1. The minimum Gasteiger partial charge on any atom is -0.465 e. The Bertz CT molecular complexity index is 285. The fourth-order valence-corrected chi connectivity index (χ4v) is 1.28. The summed E-state index contributed by atoms with van der Waals surface area (Å²) in [5.41, 5.74) is 5.64. The lowest BCUT2D eigenvalue weighted by atomic mass is 10.2.